The van der Waals surface area contributed by atoms with Gasteiger partial charge in [-0.2, -0.15) is 0 Å². The fourth-order valence-corrected chi connectivity index (χ4v) is 2.26. The highest BCUT2D eigenvalue weighted by Crippen LogP contribution is 2.27. The van der Waals surface area contributed by atoms with Gasteiger partial charge in [0, 0.05) is 12.1 Å². The molecule has 0 spiro atoms. The maximum atomic E-state index is 5.74. The first-order chi connectivity index (χ1) is 9.86. The third kappa shape index (κ3) is 2.62. The number of hydrogen-bond acceptors (Lipinski definition) is 3. The van der Waals surface area contributed by atoms with Gasteiger partial charge in [0.15, 0.2) is 0 Å². The average molecular weight is 267 g/mol. The van der Waals surface area contributed by atoms with Crippen molar-refractivity contribution in [2.45, 2.75) is 0 Å². The summed E-state index contributed by atoms with van der Waals surface area (Å²) in [6.45, 7) is 1.37. The molecule has 20 heavy (non-hydrogen) atoms. The minimum atomic E-state index is 0.624. The van der Waals surface area contributed by atoms with E-state index in [0.29, 0.717) is 6.61 Å². The predicted octanol–water partition coefficient (Wildman–Crippen LogP) is 3.58. The second kappa shape index (κ2) is 5.70. The molecule has 0 radical (unpaired) electrons. The number of fused-ring (bicyclic) bond motifs is 1. The molecule has 0 saturated carbocycles. The van der Waals surface area contributed by atoms with Crippen LogP contribution in [-0.4, -0.2) is 20.3 Å². The van der Waals surface area contributed by atoms with Crippen LogP contribution in [0.25, 0.3) is 6.08 Å². The highest BCUT2D eigenvalue weighted by atomic mass is 16.5. The van der Waals surface area contributed by atoms with E-state index in [1.54, 1.807) is 7.11 Å². The van der Waals surface area contributed by atoms with Gasteiger partial charge in [0.05, 0.1) is 12.8 Å². The first-order valence-electron chi connectivity index (χ1n) is 6.65. The zero-order valence-electron chi connectivity index (χ0n) is 11.4. The molecule has 0 atom stereocenters. The Labute approximate surface area is 118 Å². The van der Waals surface area contributed by atoms with Crippen molar-refractivity contribution in [2.75, 3.05) is 25.6 Å². The summed E-state index contributed by atoms with van der Waals surface area (Å²) in [5.74, 6) is 1.80. The lowest BCUT2D eigenvalue weighted by molar-refractivity contribution is 0.346. The minimum Gasteiger partial charge on any atom is -0.495 e. The zero-order valence-corrected chi connectivity index (χ0v) is 11.4. The van der Waals surface area contributed by atoms with Crippen LogP contribution in [0.2, 0.25) is 0 Å². The van der Waals surface area contributed by atoms with Crippen LogP contribution in [0.15, 0.2) is 54.1 Å². The van der Waals surface area contributed by atoms with Crippen LogP contribution < -0.4 is 14.8 Å². The molecule has 1 heterocycles. The van der Waals surface area contributed by atoms with Gasteiger partial charge in [-0.1, -0.05) is 30.3 Å². The van der Waals surface area contributed by atoms with Crippen molar-refractivity contribution in [2.24, 2.45) is 0 Å². The molecule has 1 aliphatic rings. The van der Waals surface area contributed by atoms with Gasteiger partial charge in [0.1, 0.15) is 18.1 Å². The molecule has 1 aliphatic heterocycles. The molecule has 3 heteroatoms. The fraction of sp³-hybridized carbons (Fsp3) is 0.176. The molecular formula is C17H17NO2. The molecule has 0 aromatic heterocycles. The van der Waals surface area contributed by atoms with Gasteiger partial charge >= 0.3 is 0 Å². The van der Waals surface area contributed by atoms with Gasteiger partial charge in [0.2, 0.25) is 0 Å². The summed E-state index contributed by atoms with van der Waals surface area (Å²) in [6.07, 6.45) is 2.18. The normalized spacial score (nSPS) is 12.9. The number of para-hydroxylation sites is 3. The smallest absolute Gasteiger partial charge is 0.141 e. The van der Waals surface area contributed by atoms with Gasteiger partial charge in [-0.05, 0) is 29.8 Å². The minimum absolute atomic E-state index is 0.624. The van der Waals surface area contributed by atoms with Gasteiger partial charge in [0.25, 0.3) is 0 Å². The summed E-state index contributed by atoms with van der Waals surface area (Å²) in [5, 5.41) is 3.39. The molecular weight excluding hydrogens is 250 g/mol. The van der Waals surface area contributed by atoms with E-state index in [1.807, 2.05) is 42.5 Å². The topological polar surface area (TPSA) is 30.5 Å². The third-order valence-corrected chi connectivity index (χ3v) is 3.30. The number of benzene rings is 2. The summed E-state index contributed by atoms with van der Waals surface area (Å²) in [5.41, 5.74) is 3.35. The van der Waals surface area contributed by atoms with Gasteiger partial charge in [-0.15, -0.1) is 0 Å². The Morgan fingerprint density at radius 1 is 1.10 bits per heavy atom. The van der Waals surface area contributed by atoms with Gasteiger partial charge in [-0.3, -0.25) is 0 Å². The first-order valence-corrected chi connectivity index (χ1v) is 6.65. The van der Waals surface area contributed by atoms with E-state index in [4.69, 9.17) is 9.47 Å². The first kappa shape index (κ1) is 12.6. The van der Waals surface area contributed by atoms with E-state index in [9.17, 15) is 0 Å². The van der Waals surface area contributed by atoms with Crippen molar-refractivity contribution < 1.29 is 9.47 Å². The van der Waals surface area contributed by atoms with Crippen molar-refractivity contribution in [3.8, 4) is 11.5 Å². The van der Waals surface area contributed by atoms with E-state index >= 15 is 0 Å². The standard InChI is InChI=1S/C17H17NO2/c1-19-17-9-5-3-7-15(17)18-11-13-10-14-6-2-4-8-16(14)20-12-13/h2-10,18H,11-12H2,1H3. The zero-order chi connectivity index (χ0) is 13.8. The summed E-state index contributed by atoms with van der Waals surface area (Å²) in [6, 6.07) is 16.0. The summed E-state index contributed by atoms with van der Waals surface area (Å²) in [7, 11) is 1.68. The largest absolute Gasteiger partial charge is 0.495 e. The van der Waals surface area contributed by atoms with Crippen molar-refractivity contribution in [3.05, 3.63) is 59.7 Å². The molecule has 0 amide bonds. The van der Waals surface area contributed by atoms with Gasteiger partial charge in [-0.25, -0.2) is 0 Å². The van der Waals surface area contributed by atoms with E-state index in [0.717, 1.165) is 29.3 Å². The monoisotopic (exact) mass is 267 g/mol. The summed E-state index contributed by atoms with van der Waals surface area (Å²) in [4.78, 5) is 0. The molecule has 0 fully saturated rings. The second-order valence-corrected chi connectivity index (χ2v) is 4.68. The van der Waals surface area contributed by atoms with Gasteiger partial charge < -0.3 is 14.8 Å². The van der Waals surface area contributed by atoms with Crippen LogP contribution in [0.3, 0.4) is 0 Å². The molecule has 2 aromatic rings. The van der Waals surface area contributed by atoms with Crippen LogP contribution in [0.1, 0.15) is 5.56 Å². The maximum Gasteiger partial charge on any atom is 0.141 e. The Hall–Kier alpha value is -2.42. The molecule has 3 rings (SSSR count). The van der Waals surface area contributed by atoms with E-state index in [-0.39, 0.29) is 0 Å². The molecule has 0 saturated heterocycles. The Balaban J connectivity index is 1.72. The van der Waals surface area contributed by atoms with Crippen LogP contribution >= 0.6 is 0 Å². The molecule has 3 nitrogen and oxygen atoms in total. The van der Waals surface area contributed by atoms with Crippen molar-refractivity contribution in [3.63, 3.8) is 0 Å². The van der Waals surface area contributed by atoms with E-state index in [1.165, 1.54) is 5.57 Å². The van der Waals surface area contributed by atoms with Crippen molar-refractivity contribution >= 4 is 11.8 Å². The third-order valence-electron chi connectivity index (χ3n) is 3.30. The highest BCUT2D eigenvalue weighted by molar-refractivity contribution is 5.64. The molecule has 102 valence electrons. The second-order valence-electron chi connectivity index (χ2n) is 4.68. The average Bonchev–Trinajstić information content (AvgIpc) is 2.53. The van der Waals surface area contributed by atoms with Crippen molar-refractivity contribution in [1.29, 1.82) is 0 Å². The Kier molecular flexibility index (Phi) is 3.59. The number of methoxy groups -OCH3 is 1. The molecule has 0 bridgehead atoms. The summed E-state index contributed by atoms with van der Waals surface area (Å²) >= 11 is 0. The Morgan fingerprint density at radius 3 is 2.80 bits per heavy atom. The number of nitrogens with one attached hydrogen (secondary N) is 1. The number of anilines is 1. The summed E-state index contributed by atoms with van der Waals surface area (Å²) < 4.78 is 11.1. The fourth-order valence-electron chi connectivity index (χ4n) is 2.26. The number of hydrogen-bond donors (Lipinski definition) is 1. The number of rotatable bonds is 4. The highest BCUT2D eigenvalue weighted by Gasteiger charge is 2.10. The lowest BCUT2D eigenvalue weighted by Crippen LogP contribution is -2.15. The lowest BCUT2D eigenvalue weighted by Gasteiger charge is -2.19. The molecule has 1 N–H and O–H groups in total. The molecule has 2 aromatic carbocycles. The SMILES string of the molecule is COc1ccccc1NCC1=Cc2ccccc2OC1. The number of ether oxygens (including phenoxy) is 2. The molecule has 0 aliphatic carbocycles. The molecule has 0 unspecified atom stereocenters. The maximum absolute atomic E-state index is 5.74. The van der Waals surface area contributed by atoms with E-state index < -0.39 is 0 Å². The Morgan fingerprint density at radius 2 is 1.90 bits per heavy atom. The lowest BCUT2D eigenvalue weighted by atomic mass is 10.1. The van der Waals surface area contributed by atoms with Crippen LogP contribution in [0.4, 0.5) is 5.69 Å². The van der Waals surface area contributed by atoms with Crippen LogP contribution in [-0.2, 0) is 0 Å². The Bertz CT molecular complexity index is 634. The predicted molar refractivity (Wildman–Crippen MR) is 81.4 cm³/mol. The van der Waals surface area contributed by atoms with Crippen LogP contribution in [0.5, 0.6) is 11.5 Å². The van der Waals surface area contributed by atoms with Crippen LogP contribution in [0, 0.1) is 0 Å². The quantitative estimate of drug-likeness (QED) is 0.918. The van der Waals surface area contributed by atoms with Crippen molar-refractivity contribution in [1.82, 2.24) is 0 Å². The van der Waals surface area contributed by atoms with E-state index in [2.05, 4.69) is 17.5 Å².